The molecule has 0 bridgehead atoms. The van der Waals surface area contributed by atoms with Crippen LogP contribution < -0.4 is 5.73 Å². The number of rotatable bonds is 11. The Labute approximate surface area is 122 Å². The summed E-state index contributed by atoms with van der Waals surface area (Å²) in [6, 6.07) is 0. The first-order valence-electron chi connectivity index (χ1n) is 7.93. The molecule has 0 rings (SSSR count). The largest absolute Gasteiger partial charge is 0.325 e. The van der Waals surface area contributed by atoms with Gasteiger partial charge in [-0.05, 0) is 31.6 Å². The number of hydrogen-bond donors (Lipinski definition) is 1. The van der Waals surface area contributed by atoms with Crippen molar-refractivity contribution in [3.05, 3.63) is 0 Å². The zero-order valence-corrected chi connectivity index (χ0v) is 14.0. The van der Waals surface area contributed by atoms with E-state index in [-0.39, 0.29) is 17.9 Å². The molecule has 112 valence electrons. The van der Waals surface area contributed by atoms with Crippen LogP contribution in [0.4, 0.5) is 0 Å². The van der Waals surface area contributed by atoms with Crippen molar-refractivity contribution in [3.63, 3.8) is 0 Å². The molecule has 1 atom stereocenters. The number of halogens is 1. The van der Waals surface area contributed by atoms with Gasteiger partial charge in [0.05, 0.1) is 0 Å². The van der Waals surface area contributed by atoms with Crippen LogP contribution in [-0.4, -0.2) is 5.54 Å². The Morgan fingerprint density at radius 1 is 0.778 bits per heavy atom. The highest BCUT2D eigenvalue weighted by Crippen LogP contribution is 2.33. The minimum atomic E-state index is 0. The molecule has 2 N–H and O–H groups in total. The molecule has 0 radical (unpaired) electrons. The van der Waals surface area contributed by atoms with Crippen molar-refractivity contribution >= 4 is 12.4 Å². The Bertz CT molecular complexity index is 164. The normalized spacial score (nSPS) is 13.2. The summed E-state index contributed by atoms with van der Waals surface area (Å²) >= 11 is 0. The topological polar surface area (TPSA) is 26.0 Å². The van der Waals surface area contributed by atoms with Gasteiger partial charge >= 0.3 is 0 Å². The SMILES string of the molecule is CCCCCC(CCC)C(N)(CCC)CCC.Cl. The summed E-state index contributed by atoms with van der Waals surface area (Å²) in [5.41, 5.74) is 6.85. The minimum absolute atomic E-state index is 0. The molecule has 0 aliphatic carbocycles. The Morgan fingerprint density at radius 3 is 1.72 bits per heavy atom. The molecule has 0 amide bonds. The molecule has 0 saturated carbocycles. The van der Waals surface area contributed by atoms with Crippen molar-refractivity contribution in [1.82, 2.24) is 0 Å². The molecule has 18 heavy (non-hydrogen) atoms. The van der Waals surface area contributed by atoms with E-state index in [1.54, 1.807) is 0 Å². The molecule has 2 heteroatoms. The van der Waals surface area contributed by atoms with Crippen molar-refractivity contribution in [1.29, 1.82) is 0 Å². The molecular weight excluding hydrogens is 242 g/mol. The fourth-order valence-corrected chi connectivity index (χ4v) is 3.17. The van der Waals surface area contributed by atoms with E-state index < -0.39 is 0 Å². The Kier molecular flexibility index (Phi) is 14.0. The Morgan fingerprint density at radius 2 is 1.33 bits per heavy atom. The van der Waals surface area contributed by atoms with Crippen LogP contribution in [0.15, 0.2) is 0 Å². The molecule has 0 aliphatic rings. The summed E-state index contributed by atoms with van der Waals surface area (Å²) in [6.45, 7) is 9.12. The lowest BCUT2D eigenvalue weighted by Crippen LogP contribution is -2.47. The summed E-state index contributed by atoms with van der Waals surface area (Å²) in [5, 5.41) is 0. The van der Waals surface area contributed by atoms with Crippen LogP contribution in [0.1, 0.15) is 91.9 Å². The van der Waals surface area contributed by atoms with E-state index in [1.807, 2.05) is 0 Å². The molecule has 1 nitrogen and oxygen atoms in total. The van der Waals surface area contributed by atoms with Crippen LogP contribution in [0.5, 0.6) is 0 Å². The summed E-state index contributed by atoms with van der Waals surface area (Å²) in [6.07, 6.45) is 12.9. The van der Waals surface area contributed by atoms with Crippen LogP contribution in [0.25, 0.3) is 0 Å². The van der Waals surface area contributed by atoms with Crippen LogP contribution in [-0.2, 0) is 0 Å². The van der Waals surface area contributed by atoms with Crippen molar-refractivity contribution in [3.8, 4) is 0 Å². The second kappa shape index (κ2) is 12.3. The zero-order chi connectivity index (χ0) is 13.1. The van der Waals surface area contributed by atoms with Gasteiger partial charge in [-0.15, -0.1) is 12.4 Å². The molecule has 1 unspecified atom stereocenters. The first-order valence-corrected chi connectivity index (χ1v) is 7.93. The van der Waals surface area contributed by atoms with E-state index in [9.17, 15) is 0 Å². The van der Waals surface area contributed by atoms with E-state index >= 15 is 0 Å². The third-order valence-corrected chi connectivity index (χ3v) is 4.04. The number of unbranched alkanes of at least 4 members (excludes halogenated alkanes) is 2. The molecular formula is C16H36ClN. The molecule has 0 fully saturated rings. The molecule has 0 spiro atoms. The van der Waals surface area contributed by atoms with Gasteiger partial charge in [0.2, 0.25) is 0 Å². The smallest absolute Gasteiger partial charge is 0.0182 e. The highest BCUT2D eigenvalue weighted by atomic mass is 35.5. The van der Waals surface area contributed by atoms with Crippen LogP contribution >= 0.6 is 12.4 Å². The van der Waals surface area contributed by atoms with Gasteiger partial charge in [0.25, 0.3) is 0 Å². The van der Waals surface area contributed by atoms with Crippen molar-refractivity contribution in [2.45, 2.75) is 97.4 Å². The van der Waals surface area contributed by atoms with Gasteiger partial charge in [0.15, 0.2) is 0 Å². The van der Waals surface area contributed by atoms with Gasteiger partial charge in [0.1, 0.15) is 0 Å². The molecule has 0 aliphatic heterocycles. The second-order valence-corrected chi connectivity index (χ2v) is 5.71. The summed E-state index contributed by atoms with van der Waals surface area (Å²) in [7, 11) is 0. The molecule has 0 aromatic heterocycles. The summed E-state index contributed by atoms with van der Waals surface area (Å²) < 4.78 is 0. The van der Waals surface area contributed by atoms with E-state index in [0.717, 1.165) is 5.92 Å². The summed E-state index contributed by atoms with van der Waals surface area (Å²) in [4.78, 5) is 0. The maximum Gasteiger partial charge on any atom is 0.0182 e. The van der Waals surface area contributed by atoms with Gasteiger partial charge in [-0.25, -0.2) is 0 Å². The van der Waals surface area contributed by atoms with Gasteiger partial charge in [0, 0.05) is 5.54 Å². The van der Waals surface area contributed by atoms with Gasteiger partial charge in [-0.3, -0.25) is 0 Å². The van der Waals surface area contributed by atoms with Crippen LogP contribution in [0, 0.1) is 5.92 Å². The van der Waals surface area contributed by atoms with Crippen molar-refractivity contribution in [2.24, 2.45) is 11.7 Å². The van der Waals surface area contributed by atoms with Crippen molar-refractivity contribution < 1.29 is 0 Å². The van der Waals surface area contributed by atoms with E-state index in [1.165, 1.54) is 64.2 Å². The van der Waals surface area contributed by atoms with Gasteiger partial charge < -0.3 is 5.73 Å². The maximum atomic E-state index is 6.73. The quantitative estimate of drug-likeness (QED) is 0.482. The minimum Gasteiger partial charge on any atom is -0.325 e. The predicted octanol–water partition coefficient (Wildman–Crippen LogP) is 5.70. The lowest BCUT2D eigenvalue weighted by atomic mass is 9.73. The lowest BCUT2D eigenvalue weighted by Gasteiger charge is -2.38. The Hall–Kier alpha value is 0.250. The molecule has 0 saturated heterocycles. The van der Waals surface area contributed by atoms with Crippen molar-refractivity contribution in [2.75, 3.05) is 0 Å². The second-order valence-electron chi connectivity index (χ2n) is 5.71. The van der Waals surface area contributed by atoms with Gasteiger partial charge in [-0.2, -0.15) is 0 Å². The molecule has 0 aromatic carbocycles. The standard InChI is InChI=1S/C16H35N.ClH/c1-5-9-10-12-15(11-6-2)16(17,13-7-3)14-8-4;/h15H,5-14,17H2,1-4H3;1H. The highest BCUT2D eigenvalue weighted by molar-refractivity contribution is 5.85. The van der Waals surface area contributed by atoms with Gasteiger partial charge in [-0.1, -0.05) is 66.2 Å². The number of hydrogen-bond acceptors (Lipinski definition) is 1. The third kappa shape index (κ3) is 7.63. The Balaban J connectivity index is 0. The van der Waals surface area contributed by atoms with E-state index in [4.69, 9.17) is 5.73 Å². The fraction of sp³-hybridized carbons (Fsp3) is 1.00. The average Bonchev–Trinajstić information content (AvgIpc) is 2.29. The molecule has 0 aromatic rings. The third-order valence-electron chi connectivity index (χ3n) is 4.04. The molecule has 0 heterocycles. The summed E-state index contributed by atoms with van der Waals surface area (Å²) in [5.74, 6) is 0.749. The van der Waals surface area contributed by atoms with Crippen LogP contribution in [0.3, 0.4) is 0 Å². The zero-order valence-electron chi connectivity index (χ0n) is 13.1. The monoisotopic (exact) mass is 277 g/mol. The fourth-order valence-electron chi connectivity index (χ4n) is 3.17. The van der Waals surface area contributed by atoms with Crippen LogP contribution in [0.2, 0.25) is 0 Å². The first-order chi connectivity index (χ1) is 8.14. The number of nitrogens with two attached hydrogens (primary N) is 1. The lowest BCUT2D eigenvalue weighted by molar-refractivity contribution is 0.200. The maximum absolute atomic E-state index is 6.73. The highest BCUT2D eigenvalue weighted by Gasteiger charge is 2.31. The average molecular weight is 278 g/mol. The predicted molar refractivity (Wildman–Crippen MR) is 86.5 cm³/mol. The first kappa shape index (κ1) is 20.6. The van der Waals surface area contributed by atoms with E-state index in [2.05, 4.69) is 27.7 Å². The van der Waals surface area contributed by atoms with E-state index in [0.29, 0.717) is 0 Å².